The molecule has 3 nitrogen and oxygen atoms in total. The van der Waals surface area contributed by atoms with Crippen molar-refractivity contribution in [1.82, 2.24) is 9.55 Å². The van der Waals surface area contributed by atoms with Crippen LogP contribution in [0.15, 0.2) is 36.4 Å². The first kappa shape index (κ1) is 12.0. The fourth-order valence-electron chi connectivity index (χ4n) is 2.12. The van der Waals surface area contributed by atoms with Crippen LogP contribution in [-0.2, 0) is 0 Å². The molecule has 0 atom stereocenters. The van der Waals surface area contributed by atoms with Gasteiger partial charge in [0.25, 0.3) is 0 Å². The van der Waals surface area contributed by atoms with Gasteiger partial charge in [-0.15, -0.1) is 0 Å². The Kier molecular flexibility index (Phi) is 2.68. The Hall–Kier alpha value is -2.07. The van der Waals surface area contributed by atoms with Crippen LogP contribution in [0.4, 0.5) is 10.3 Å². The zero-order valence-corrected chi connectivity index (χ0v) is 10.9. The number of hydrogen-bond donors (Lipinski definition) is 1. The van der Waals surface area contributed by atoms with Gasteiger partial charge < -0.3 is 5.73 Å². The van der Waals surface area contributed by atoms with E-state index in [9.17, 15) is 4.39 Å². The molecule has 3 rings (SSSR count). The summed E-state index contributed by atoms with van der Waals surface area (Å²) >= 11 is 6.09. The monoisotopic (exact) mass is 275 g/mol. The largest absolute Gasteiger partial charge is 0.369 e. The van der Waals surface area contributed by atoms with Crippen LogP contribution < -0.4 is 5.73 Å². The average molecular weight is 276 g/mol. The van der Waals surface area contributed by atoms with Gasteiger partial charge in [-0.05, 0) is 42.8 Å². The van der Waals surface area contributed by atoms with Gasteiger partial charge in [0.15, 0.2) is 0 Å². The molecule has 0 unspecified atom stereocenters. The molecule has 0 aliphatic heterocycles. The van der Waals surface area contributed by atoms with Crippen LogP contribution >= 0.6 is 11.6 Å². The second kappa shape index (κ2) is 4.24. The maximum Gasteiger partial charge on any atom is 0.205 e. The highest BCUT2D eigenvalue weighted by Crippen LogP contribution is 2.28. The SMILES string of the molecule is Cc1cc(-n2c(N)nc3c(Cl)cccc32)ccc1F. The van der Waals surface area contributed by atoms with Gasteiger partial charge in [0.1, 0.15) is 11.3 Å². The summed E-state index contributed by atoms with van der Waals surface area (Å²) in [6.45, 7) is 1.71. The summed E-state index contributed by atoms with van der Waals surface area (Å²) in [5.41, 5.74) is 8.71. The highest BCUT2D eigenvalue weighted by molar-refractivity contribution is 6.35. The molecule has 96 valence electrons. The molecule has 0 spiro atoms. The highest BCUT2D eigenvalue weighted by atomic mass is 35.5. The van der Waals surface area contributed by atoms with Crippen LogP contribution in [0.1, 0.15) is 5.56 Å². The third-order valence-corrected chi connectivity index (χ3v) is 3.37. The molecule has 0 saturated heterocycles. The molecular formula is C14H11ClFN3. The summed E-state index contributed by atoms with van der Waals surface area (Å²) in [6.07, 6.45) is 0. The number of imidazole rings is 1. The van der Waals surface area contributed by atoms with E-state index in [-0.39, 0.29) is 5.82 Å². The van der Waals surface area contributed by atoms with Crippen LogP contribution in [0.2, 0.25) is 5.02 Å². The maximum atomic E-state index is 13.3. The molecule has 3 aromatic rings. The Morgan fingerprint density at radius 2 is 2.05 bits per heavy atom. The molecule has 2 aromatic carbocycles. The van der Waals surface area contributed by atoms with E-state index in [1.54, 1.807) is 29.7 Å². The first-order valence-corrected chi connectivity index (χ1v) is 6.14. The minimum absolute atomic E-state index is 0.246. The van der Waals surface area contributed by atoms with Crippen molar-refractivity contribution >= 4 is 28.6 Å². The van der Waals surface area contributed by atoms with Crippen molar-refractivity contribution in [2.75, 3.05) is 5.73 Å². The molecule has 19 heavy (non-hydrogen) atoms. The van der Waals surface area contributed by atoms with Gasteiger partial charge >= 0.3 is 0 Å². The summed E-state index contributed by atoms with van der Waals surface area (Å²) < 4.78 is 15.1. The lowest BCUT2D eigenvalue weighted by atomic mass is 10.2. The summed E-state index contributed by atoms with van der Waals surface area (Å²) in [4.78, 5) is 4.26. The van der Waals surface area contributed by atoms with Crippen molar-refractivity contribution in [3.8, 4) is 5.69 Å². The van der Waals surface area contributed by atoms with Gasteiger partial charge in [0.05, 0.1) is 10.5 Å². The van der Waals surface area contributed by atoms with Gasteiger partial charge in [-0.2, -0.15) is 0 Å². The van der Waals surface area contributed by atoms with E-state index in [2.05, 4.69) is 4.98 Å². The number of para-hydroxylation sites is 1. The van der Waals surface area contributed by atoms with E-state index in [1.165, 1.54) is 6.07 Å². The predicted octanol–water partition coefficient (Wildman–Crippen LogP) is 3.71. The topological polar surface area (TPSA) is 43.8 Å². The number of fused-ring (bicyclic) bond motifs is 1. The summed E-state index contributed by atoms with van der Waals surface area (Å²) in [5.74, 6) is 0.0823. The first-order valence-electron chi connectivity index (χ1n) is 5.77. The molecular weight excluding hydrogens is 265 g/mol. The lowest BCUT2D eigenvalue weighted by Crippen LogP contribution is -2.01. The summed E-state index contributed by atoms with van der Waals surface area (Å²) in [5, 5.41) is 0.543. The maximum absolute atomic E-state index is 13.3. The van der Waals surface area contributed by atoms with E-state index in [1.807, 2.05) is 12.1 Å². The Bertz CT molecular complexity index is 780. The molecule has 0 fully saturated rings. The van der Waals surface area contributed by atoms with E-state index >= 15 is 0 Å². The smallest absolute Gasteiger partial charge is 0.205 e. The Morgan fingerprint density at radius 1 is 1.26 bits per heavy atom. The molecule has 0 radical (unpaired) electrons. The molecule has 0 aliphatic rings. The Balaban J connectivity index is 2.33. The van der Waals surface area contributed by atoms with Crippen LogP contribution in [0, 0.1) is 12.7 Å². The Labute approximate surface area is 114 Å². The van der Waals surface area contributed by atoms with E-state index in [4.69, 9.17) is 17.3 Å². The molecule has 0 aliphatic carbocycles. The number of nitrogens with zero attached hydrogens (tertiary/aromatic N) is 2. The number of rotatable bonds is 1. The van der Waals surface area contributed by atoms with Crippen LogP contribution in [0.5, 0.6) is 0 Å². The van der Waals surface area contributed by atoms with Crippen LogP contribution in [0.25, 0.3) is 16.7 Å². The van der Waals surface area contributed by atoms with E-state index in [0.717, 1.165) is 11.2 Å². The average Bonchev–Trinajstić information content (AvgIpc) is 2.71. The number of anilines is 1. The highest BCUT2D eigenvalue weighted by Gasteiger charge is 2.12. The fourth-order valence-corrected chi connectivity index (χ4v) is 2.33. The van der Waals surface area contributed by atoms with Crippen molar-refractivity contribution in [2.45, 2.75) is 6.92 Å². The van der Waals surface area contributed by atoms with Gasteiger partial charge in [0.2, 0.25) is 5.95 Å². The van der Waals surface area contributed by atoms with Crippen molar-refractivity contribution in [3.05, 3.63) is 52.8 Å². The number of aryl methyl sites for hydroxylation is 1. The predicted molar refractivity (Wildman–Crippen MR) is 75.2 cm³/mol. The van der Waals surface area contributed by atoms with Crippen LogP contribution in [-0.4, -0.2) is 9.55 Å². The molecule has 0 saturated carbocycles. The van der Waals surface area contributed by atoms with Gasteiger partial charge in [-0.25, -0.2) is 9.37 Å². The van der Waals surface area contributed by atoms with Crippen LogP contribution in [0.3, 0.4) is 0 Å². The lowest BCUT2D eigenvalue weighted by Gasteiger charge is -2.08. The molecule has 0 amide bonds. The summed E-state index contributed by atoms with van der Waals surface area (Å²) in [6, 6.07) is 10.3. The van der Waals surface area contributed by atoms with Crippen molar-refractivity contribution < 1.29 is 4.39 Å². The molecule has 0 bridgehead atoms. The fraction of sp³-hybridized carbons (Fsp3) is 0.0714. The van der Waals surface area contributed by atoms with Gasteiger partial charge in [-0.3, -0.25) is 4.57 Å². The summed E-state index contributed by atoms with van der Waals surface area (Å²) in [7, 11) is 0. The van der Waals surface area contributed by atoms with Crippen molar-refractivity contribution in [2.24, 2.45) is 0 Å². The van der Waals surface area contributed by atoms with E-state index < -0.39 is 0 Å². The third kappa shape index (κ3) is 1.85. The number of nitrogen functional groups attached to an aromatic ring is 1. The van der Waals surface area contributed by atoms with Crippen molar-refractivity contribution in [3.63, 3.8) is 0 Å². The minimum Gasteiger partial charge on any atom is -0.369 e. The van der Waals surface area contributed by atoms with Gasteiger partial charge in [0, 0.05) is 5.69 Å². The molecule has 5 heteroatoms. The normalized spacial score (nSPS) is 11.1. The molecule has 2 N–H and O–H groups in total. The Morgan fingerprint density at radius 3 is 2.79 bits per heavy atom. The molecule has 1 aromatic heterocycles. The number of hydrogen-bond acceptors (Lipinski definition) is 2. The molecule has 1 heterocycles. The number of benzene rings is 2. The number of nitrogens with two attached hydrogens (primary N) is 1. The van der Waals surface area contributed by atoms with Gasteiger partial charge in [-0.1, -0.05) is 17.7 Å². The number of aromatic nitrogens is 2. The first-order chi connectivity index (χ1) is 9.08. The zero-order valence-electron chi connectivity index (χ0n) is 10.2. The quantitative estimate of drug-likeness (QED) is 0.736. The van der Waals surface area contributed by atoms with Crippen molar-refractivity contribution in [1.29, 1.82) is 0 Å². The van der Waals surface area contributed by atoms with E-state index in [0.29, 0.717) is 22.1 Å². The minimum atomic E-state index is -0.246. The second-order valence-electron chi connectivity index (χ2n) is 4.35. The lowest BCUT2D eigenvalue weighted by molar-refractivity contribution is 0.618. The third-order valence-electron chi connectivity index (χ3n) is 3.06. The second-order valence-corrected chi connectivity index (χ2v) is 4.75. The number of halogens is 2. The zero-order chi connectivity index (χ0) is 13.6. The standard InChI is InChI=1S/C14H11ClFN3/c1-8-7-9(5-6-11(8)16)19-12-4-2-3-10(15)13(12)18-14(19)17/h2-7H,1H3,(H2,17,18).